The third-order valence-corrected chi connectivity index (χ3v) is 1.08. The predicted molar refractivity (Wildman–Crippen MR) is 41.4 cm³/mol. The lowest BCUT2D eigenvalue weighted by Crippen LogP contribution is -2.13. The first kappa shape index (κ1) is 10.7. The van der Waals surface area contributed by atoms with Crippen molar-refractivity contribution in [3.8, 4) is 0 Å². The average Bonchev–Trinajstić information content (AvgIpc) is 2.09. The maximum atomic E-state index is 9.67. The lowest BCUT2D eigenvalue weighted by atomic mass is 10.4. The van der Waals surface area contributed by atoms with Gasteiger partial charge in [0, 0.05) is 0 Å². The van der Waals surface area contributed by atoms with Crippen LogP contribution < -0.4 is 0 Å². The largest absolute Gasteiger partial charge is 0.375 e. The van der Waals surface area contributed by atoms with E-state index in [0.29, 0.717) is 13.2 Å². The molecule has 5 nitrogen and oxygen atoms in total. The fourth-order valence-electron chi connectivity index (χ4n) is 0.564. The van der Waals surface area contributed by atoms with E-state index in [9.17, 15) is 9.59 Å². The van der Waals surface area contributed by atoms with Gasteiger partial charge in [0.1, 0.15) is 0 Å². The minimum absolute atomic E-state index is 0.145. The summed E-state index contributed by atoms with van der Waals surface area (Å²) in [4.78, 5) is 25.9. The highest BCUT2D eigenvalue weighted by molar-refractivity contribution is 5.33. The van der Waals surface area contributed by atoms with Gasteiger partial charge in [-0.05, 0) is 6.92 Å². The number of hydrogen-bond acceptors (Lipinski definition) is 5. The van der Waals surface area contributed by atoms with Gasteiger partial charge in [-0.1, -0.05) is 0 Å². The van der Waals surface area contributed by atoms with Crippen LogP contribution in [0.2, 0.25) is 0 Å². The van der Waals surface area contributed by atoms with Crippen LogP contribution in [-0.2, 0) is 14.3 Å². The smallest absolute Gasteiger partial charge is 0.235 e. The SMILES string of the molecule is CC(CN=C=O)OCCN=C=O. The Morgan fingerprint density at radius 2 is 2.00 bits per heavy atom. The van der Waals surface area contributed by atoms with Crippen molar-refractivity contribution < 1.29 is 14.3 Å². The van der Waals surface area contributed by atoms with Crippen LogP contribution in [0.25, 0.3) is 0 Å². The van der Waals surface area contributed by atoms with Crippen molar-refractivity contribution in [2.75, 3.05) is 19.7 Å². The quantitative estimate of drug-likeness (QED) is 0.321. The zero-order chi connectivity index (χ0) is 9.23. The standard InChI is InChI=1S/C7H10N2O3/c1-7(4-9-6-11)12-3-2-8-5-10/h7H,2-4H2,1H3. The van der Waals surface area contributed by atoms with Gasteiger partial charge in [0.2, 0.25) is 12.2 Å². The van der Waals surface area contributed by atoms with Crippen molar-refractivity contribution in [3.05, 3.63) is 0 Å². The van der Waals surface area contributed by atoms with E-state index in [-0.39, 0.29) is 12.6 Å². The minimum atomic E-state index is -0.145. The van der Waals surface area contributed by atoms with Crippen molar-refractivity contribution in [1.82, 2.24) is 0 Å². The summed E-state index contributed by atoms with van der Waals surface area (Å²) in [6.07, 6.45) is 2.66. The minimum Gasteiger partial charge on any atom is -0.375 e. The molecule has 0 aliphatic carbocycles. The summed E-state index contributed by atoms with van der Waals surface area (Å²) in [6.45, 7) is 2.68. The summed E-state index contributed by atoms with van der Waals surface area (Å²) < 4.78 is 5.10. The number of isocyanates is 2. The summed E-state index contributed by atoms with van der Waals surface area (Å²) in [6, 6.07) is 0. The fourth-order valence-corrected chi connectivity index (χ4v) is 0.564. The Balaban J connectivity index is 3.36. The molecule has 0 aromatic rings. The molecule has 5 heteroatoms. The molecule has 0 rings (SSSR count). The van der Waals surface area contributed by atoms with E-state index in [0.717, 1.165) is 0 Å². The molecule has 0 amide bonds. The topological polar surface area (TPSA) is 68.1 Å². The summed E-state index contributed by atoms with van der Waals surface area (Å²) >= 11 is 0. The van der Waals surface area contributed by atoms with E-state index < -0.39 is 0 Å². The highest BCUT2D eigenvalue weighted by atomic mass is 16.5. The van der Waals surface area contributed by atoms with Crippen LogP contribution in [0.5, 0.6) is 0 Å². The normalized spacial score (nSPS) is 11.1. The monoisotopic (exact) mass is 170 g/mol. The van der Waals surface area contributed by atoms with Gasteiger partial charge in [-0.3, -0.25) is 0 Å². The molecule has 0 saturated heterocycles. The lowest BCUT2D eigenvalue weighted by molar-refractivity contribution is 0.0785. The summed E-state index contributed by atoms with van der Waals surface area (Å²) in [5.41, 5.74) is 0. The molecule has 66 valence electrons. The summed E-state index contributed by atoms with van der Waals surface area (Å²) in [5.74, 6) is 0. The third-order valence-electron chi connectivity index (χ3n) is 1.08. The zero-order valence-corrected chi connectivity index (χ0v) is 6.82. The van der Waals surface area contributed by atoms with Gasteiger partial charge in [-0.25, -0.2) is 19.6 Å². The first-order valence-corrected chi connectivity index (χ1v) is 3.50. The van der Waals surface area contributed by atoms with Crippen LogP contribution in [0, 0.1) is 0 Å². The van der Waals surface area contributed by atoms with Gasteiger partial charge in [-0.2, -0.15) is 0 Å². The van der Waals surface area contributed by atoms with Gasteiger partial charge in [0.05, 0.1) is 25.8 Å². The van der Waals surface area contributed by atoms with Crippen LogP contribution in [-0.4, -0.2) is 38.0 Å². The number of aliphatic imine (C=N–C) groups is 2. The Morgan fingerprint density at radius 1 is 1.33 bits per heavy atom. The van der Waals surface area contributed by atoms with Gasteiger partial charge in [-0.15, -0.1) is 0 Å². The average molecular weight is 170 g/mol. The van der Waals surface area contributed by atoms with Crippen molar-refractivity contribution >= 4 is 12.2 Å². The van der Waals surface area contributed by atoms with Gasteiger partial charge < -0.3 is 4.74 Å². The Morgan fingerprint density at radius 3 is 2.58 bits per heavy atom. The van der Waals surface area contributed by atoms with E-state index >= 15 is 0 Å². The molecule has 0 bridgehead atoms. The highest BCUT2D eigenvalue weighted by Crippen LogP contribution is 1.90. The molecule has 0 spiro atoms. The number of hydrogen-bond donors (Lipinski definition) is 0. The van der Waals surface area contributed by atoms with E-state index in [4.69, 9.17) is 4.74 Å². The van der Waals surface area contributed by atoms with Crippen LogP contribution in [0.4, 0.5) is 0 Å². The van der Waals surface area contributed by atoms with Crippen LogP contribution in [0.15, 0.2) is 9.98 Å². The summed E-state index contributed by atoms with van der Waals surface area (Å²) in [7, 11) is 0. The molecule has 1 atom stereocenters. The van der Waals surface area contributed by atoms with Crippen molar-refractivity contribution in [1.29, 1.82) is 0 Å². The highest BCUT2D eigenvalue weighted by Gasteiger charge is 1.98. The maximum absolute atomic E-state index is 9.67. The van der Waals surface area contributed by atoms with Gasteiger partial charge in [0.25, 0.3) is 0 Å². The predicted octanol–water partition coefficient (Wildman–Crippen LogP) is 0.0631. The van der Waals surface area contributed by atoms with Gasteiger partial charge in [0.15, 0.2) is 0 Å². The number of nitrogens with zero attached hydrogens (tertiary/aromatic N) is 2. The van der Waals surface area contributed by atoms with Crippen LogP contribution in [0.3, 0.4) is 0 Å². The molecular formula is C7H10N2O3. The zero-order valence-electron chi connectivity index (χ0n) is 6.82. The third kappa shape index (κ3) is 6.83. The Hall–Kier alpha value is -1.28. The second kappa shape index (κ2) is 7.82. The van der Waals surface area contributed by atoms with Crippen molar-refractivity contribution in [2.45, 2.75) is 13.0 Å². The molecule has 0 aliphatic heterocycles. The Bertz CT molecular complexity index is 205. The number of carbonyl (C=O) groups excluding carboxylic acids is 2. The number of rotatable bonds is 6. The molecule has 1 unspecified atom stereocenters. The first-order valence-electron chi connectivity index (χ1n) is 3.50. The molecule has 0 aromatic carbocycles. The molecule has 0 heterocycles. The van der Waals surface area contributed by atoms with Crippen molar-refractivity contribution in [2.24, 2.45) is 9.98 Å². The lowest BCUT2D eigenvalue weighted by Gasteiger charge is -2.06. The number of ether oxygens (including phenoxy) is 1. The van der Waals surface area contributed by atoms with Crippen LogP contribution >= 0.6 is 0 Å². The fraction of sp³-hybridized carbons (Fsp3) is 0.714. The van der Waals surface area contributed by atoms with Crippen LogP contribution in [0.1, 0.15) is 6.92 Å². The molecule has 0 aromatic heterocycles. The van der Waals surface area contributed by atoms with Crippen molar-refractivity contribution in [3.63, 3.8) is 0 Å². The maximum Gasteiger partial charge on any atom is 0.235 e. The molecule has 12 heavy (non-hydrogen) atoms. The van der Waals surface area contributed by atoms with E-state index in [1.807, 2.05) is 0 Å². The molecule has 0 radical (unpaired) electrons. The second-order valence-corrected chi connectivity index (χ2v) is 2.09. The summed E-state index contributed by atoms with van der Waals surface area (Å²) in [5, 5.41) is 0. The molecule has 0 fully saturated rings. The van der Waals surface area contributed by atoms with Gasteiger partial charge >= 0.3 is 0 Å². The molecule has 0 aliphatic rings. The Kier molecular flexibility index (Phi) is 6.99. The van der Waals surface area contributed by atoms with E-state index in [2.05, 4.69) is 9.98 Å². The second-order valence-electron chi connectivity index (χ2n) is 2.09. The van der Waals surface area contributed by atoms with E-state index in [1.54, 1.807) is 6.92 Å². The first-order chi connectivity index (χ1) is 5.81. The molecule has 0 saturated carbocycles. The molecule has 0 N–H and O–H groups in total. The molecular weight excluding hydrogens is 160 g/mol. The Labute approximate surface area is 70.2 Å². The van der Waals surface area contributed by atoms with E-state index in [1.165, 1.54) is 12.2 Å².